The van der Waals surface area contributed by atoms with Crippen LogP contribution in [0.1, 0.15) is 47.1 Å². The maximum atomic E-state index is 12.1. The molecular formula is C17H29NO2. The average molecular weight is 279 g/mol. The topological polar surface area (TPSA) is 49.3 Å². The molecule has 0 saturated heterocycles. The van der Waals surface area contributed by atoms with E-state index < -0.39 is 0 Å². The van der Waals surface area contributed by atoms with Gasteiger partial charge in [-0.2, -0.15) is 0 Å². The molecule has 0 amide bonds. The standard InChI is InChI=1S/C15H23NO2.C2H6/c1-10(2)15(18)14(16-11(3)4)9-12-5-7-13(17)8-6-12;1-2/h5-8,10-11,14,16-17H,9H2,1-4H3;1-2H3/t14-;/m1./s1. The molecule has 1 rings (SSSR count). The van der Waals surface area contributed by atoms with Crippen molar-refractivity contribution in [2.75, 3.05) is 0 Å². The third-order valence-corrected chi connectivity index (χ3v) is 2.82. The lowest BCUT2D eigenvalue weighted by Crippen LogP contribution is -2.44. The fourth-order valence-corrected chi connectivity index (χ4v) is 1.91. The van der Waals surface area contributed by atoms with Crippen molar-refractivity contribution in [3.8, 4) is 5.75 Å². The molecule has 1 atom stereocenters. The largest absolute Gasteiger partial charge is 0.508 e. The van der Waals surface area contributed by atoms with Gasteiger partial charge in [-0.05, 0) is 24.1 Å². The molecule has 0 saturated carbocycles. The van der Waals surface area contributed by atoms with Crippen molar-refractivity contribution in [3.63, 3.8) is 0 Å². The molecule has 0 heterocycles. The first-order valence-electron chi connectivity index (χ1n) is 7.48. The number of aromatic hydroxyl groups is 1. The molecule has 3 nitrogen and oxygen atoms in total. The molecule has 0 radical (unpaired) electrons. The quantitative estimate of drug-likeness (QED) is 0.837. The van der Waals surface area contributed by atoms with Crippen LogP contribution < -0.4 is 5.32 Å². The van der Waals surface area contributed by atoms with Crippen molar-refractivity contribution in [1.29, 1.82) is 0 Å². The van der Waals surface area contributed by atoms with Crippen LogP contribution >= 0.6 is 0 Å². The minimum absolute atomic E-state index is 0.0263. The fraction of sp³-hybridized carbons (Fsp3) is 0.588. The molecule has 0 aliphatic carbocycles. The molecule has 0 spiro atoms. The van der Waals surface area contributed by atoms with Crippen LogP contribution in [0.3, 0.4) is 0 Å². The number of nitrogens with one attached hydrogen (secondary N) is 1. The van der Waals surface area contributed by atoms with Gasteiger partial charge in [0.2, 0.25) is 0 Å². The van der Waals surface area contributed by atoms with Crippen molar-refractivity contribution >= 4 is 5.78 Å². The van der Waals surface area contributed by atoms with Crippen LogP contribution in [0, 0.1) is 5.92 Å². The Labute approximate surface area is 123 Å². The van der Waals surface area contributed by atoms with E-state index in [1.807, 2.05) is 53.7 Å². The Kier molecular flexibility index (Phi) is 8.89. The van der Waals surface area contributed by atoms with Crippen LogP contribution in [0.4, 0.5) is 0 Å². The maximum absolute atomic E-state index is 12.1. The molecule has 0 aliphatic rings. The number of rotatable bonds is 6. The van der Waals surface area contributed by atoms with E-state index in [0.29, 0.717) is 6.42 Å². The van der Waals surface area contributed by atoms with Gasteiger partial charge in [0, 0.05) is 12.0 Å². The Hall–Kier alpha value is -1.35. The number of carbonyl (C=O) groups excluding carboxylic acids is 1. The molecule has 0 unspecified atom stereocenters. The molecule has 0 aromatic heterocycles. The van der Waals surface area contributed by atoms with Gasteiger partial charge in [0.05, 0.1) is 6.04 Å². The number of hydrogen-bond acceptors (Lipinski definition) is 3. The van der Waals surface area contributed by atoms with Crippen molar-refractivity contribution in [2.24, 2.45) is 5.92 Å². The zero-order valence-electron chi connectivity index (χ0n) is 13.6. The lowest BCUT2D eigenvalue weighted by atomic mass is 9.95. The minimum atomic E-state index is -0.158. The fourth-order valence-electron chi connectivity index (χ4n) is 1.91. The molecule has 0 fully saturated rings. The lowest BCUT2D eigenvalue weighted by Gasteiger charge is -2.22. The van der Waals surface area contributed by atoms with Crippen LogP contribution in [0.25, 0.3) is 0 Å². The highest BCUT2D eigenvalue weighted by atomic mass is 16.3. The second-order valence-electron chi connectivity index (χ2n) is 5.30. The molecule has 0 aliphatic heterocycles. The smallest absolute Gasteiger partial charge is 0.152 e. The highest BCUT2D eigenvalue weighted by molar-refractivity contribution is 5.86. The maximum Gasteiger partial charge on any atom is 0.152 e. The highest BCUT2D eigenvalue weighted by Gasteiger charge is 2.21. The molecular weight excluding hydrogens is 250 g/mol. The predicted molar refractivity (Wildman–Crippen MR) is 85.1 cm³/mol. The summed E-state index contributed by atoms with van der Waals surface area (Å²) in [6.45, 7) is 11.9. The second kappa shape index (κ2) is 9.54. The predicted octanol–water partition coefficient (Wildman–Crippen LogP) is 3.55. The number of carbonyl (C=O) groups is 1. The van der Waals surface area contributed by atoms with Crippen molar-refractivity contribution in [1.82, 2.24) is 5.32 Å². The monoisotopic (exact) mass is 279 g/mol. The molecule has 0 bridgehead atoms. The summed E-state index contributed by atoms with van der Waals surface area (Å²) in [6, 6.07) is 7.14. The number of benzene rings is 1. The summed E-state index contributed by atoms with van der Waals surface area (Å²) in [6.07, 6.45) is 0.662. The molecule has 20 heavy (non-hydrogen) atoms. The average Bonchev–Trinajstić information content (AvgIpc) is 2.41. The van der Waals surface area contributed by atoms with Crippen molar-refractivity contribution in [2.45, 2.75) is 60.0 Å². The van der Waals surface area contributed by atoms with Gasteiger partial charge in [-0.3, -0.25) is 4.79 Å². The molecule has 114 valence electrons. The van der Waals surface area contributed by atoms with E-state index >= 15 is 0 Å². The highest BCUT2D eigenvalue weighted by Crippen LogP contribution is 2.13. The second-order valence-corrected chi connectivity index (χ2v) is 5.30. The number of Topliss-reactive ketones (excluding diaryl/α,β-unsaturated/α-hetero) is 1. The Bertz CT molecular complexity index is 382. The van der Waals surface area contributed by atoms with Crippen LogP contribution in [-0.2, 0) is 11.2 Å². The van der Waals surface area contributed by atoms with Crippen LogP contribution in [-0.4, -0.2) is 23.0 Å². The molecule has 2 N–H and O–H groups in total. The molecule has 1 aromatic carbocycles. The minimum Gasteiger partial charge on any atom is -0.508 e. The summed E-state index contributed by atoms with van der Waals surface area (Å²) in [7, 11) is 0. The van der Waals surface area contributed by atoms with Gasteiger partial charge in [-0.15, -0.1) is 0 Å². The van der Waals surface area contributed by atoms with Crippen LogP contribution in [0.2, 0.25) is 0 Å². The van der Waals surface area contributed by atoms with E-state index in [2.05, 4.69) is 5.32 Å². The third-order valence-electron chi connectivity index (χ3n) is 2.82. The Morgan fingerprint density at radius 3 is 2.00 bits per heavy atom. The normalized spacial score (nSPS) is 12.0. The summed E-state index contributed by atoms with van der Waals surface area (Å²) < 4.78 is 0. The van der Waals surface area contributed by atoms with Gasteiger partial charge in [-0.25, -0.2) is 0 Å². The molecule has 3 heteroatoms. The van der Waals surface area contributed by atoms with Crippen LogP contribution in [0.5, 0.6) is 5.75 Å². The zero-order valence-corrected chi connectivity index (χ0v) is 13.6. The van der Waals surface area contributed by atoms with E-state index in [9.17, 15) is 9.90 Å². The van der Waals surface area contributed by atoms with Gasteiger partial charge in [0.15, 0.2) is 5.78 Å². The molecule has 1 aromatic rings. The van der Waals surface area contributed by atoms with Crippen molar-refractivity contribution in [3.05, 3.63) is 29.8 Å². The first kappa shape index (κ1) is 18.7. The number of phenolic OH excluding ortho intramolecular Hbond substituents is 1. The number of phenols is 1. The van der Waals surface area contributed by atoms with E-state index in [-0.39, 0.29) is 29.5 Å². The Morgan fingerprint density at radius 2 is 1.60 bits per heavy atom. The third kappa shape index (κ3) is 6.71. The van der Waals surface area contributed by atoms with Crippen LogP contribution in [0.15, 0.2) is 24.3 Å². The first-order valence-corrected chi connectivity index (χ1v) is 7.48. The van der Waals surface area contributed by atoms with E-state index in [1.165, 1.54) is 0 Å². The summed E-state index contributed by atoms with van der Waals surface area (Å²) in [5.41, 5.74) is 1.06. The van der Waals surface area contributed by atoms with Gasteiger partial charge in [-0.1, -0.05) is 53.7 Å². The first-order chi connectivity index (χ1) is 9.40. The van der Waals surface area contributed by atoms with Gasteiger partial charge in [0.25, 0.3) is 0 Å². The van der Waals surface area contributed by atoms with Gasteiger partial charge < -0.3 is 10.4 Å². The SMILES string of the molecule is CC.CC(C)N[C@H](Cc1ccc(O)cc1)C(=O)C(C)C. The van der Waals surface area contributed by atoms with E-state index in [1.54, 1.807) is 12.1 Å². The summed E-state index contributed by atoms with van der Waals surface area (Å²) in [5.74, 6) is 0.512. The summed E-state index contributed by atoms with van der Waals surface area (Å²) >= 11 is 0. The Balaban J connectivity index is 0.00000172. The lowest BCUT2D eigenvalue weighted by molar-refractivity contribution is -0.124. The van der Waals surface area contributed by atoms with Crippen molar-refractivity contribution < 1.29 is 9.90 Å². The number of ketones is 1. The van der Waals surface area contributed by atoms with E-state index in [0.717, 1.165) is 5.56 Å². The van der Waals surface area contributed by atoms with E-state index in [4.69, 9.17) is 0 Å². The zero-order chi connectivity index (χ0) is 15.7. The summed E-state index contributed by atoms with van der Waals surface area (Å²) in [4.78, 5) is 12.1. The Morgan fingerprint density at radius 1 is 1.10 bits per heavy atom. The van der Waals surface area contributed by atoms with Gasteiger partial charge in [0.1, 0.15) is 5.75 Å². The number of hydrogen-bond donors (Lipinski definition) is 2. The summed E-state index contributed by atoms with van der Waals surface area (Å²) in [5, 5.41) is 12.6. The van der Waals surface area contributed by atoms with Gasteiger partial charge >= 0.3 is 0 Å².